The summed E-state index contributed by atoms with van der Waals surface area (Å²) in [5, 5.41) is 0. The van der Waals surface area contributed by atoms with E-state index >= 15 is 0 Å². The fourth-order valence-electron chi connectivity index (χ4n) is 5.44. The highest BCUT2D eigenvalue weighted by molar-refractivity contribution is 5.71. The minimum absolute atomic E-state index is 0.0647. The summed E-state index contributed by atoms with van der Waals surface area (Å²) in [6, 6.07) is 0. The minimum Gasteiger partial charge on any atom is -0.462 e. The van der Waals surface area contributed by atoms with Crippen molar-refractivity contribution < 1.29 is 28.6 Å². The van der Waals surface area contributed by atoms with Gasteiger partial charge in [-0.25, -0.2) is 0 Å². The van der Waals surface area contributed by atoms with Crippen LogP contribution < -0.4 is 0 Å². The van der Waals surface area contributed by atoms with Gasteiger partial charge in [0.1, 0.15) is 13.2 Å². The molecule has 0 radical (unpaired) electrons. The van der Waals surface area contributed by atoms with Crippen LogP contribution in [0.5, 0.6) is 0 Å². The van der Waals surface area contributed by atoms with Crippen LogP contribution in [0.25, 0.3) is 0 Å². The number of esters is 3. The van der Waals surface area contributed by atoms with Gasteiger partial charge in [0.15, 0.2) is 6.10 Å². The lowest BCUT2D eigenvalue weighted by atomic mass is 10.1. The third kappa shape index (κ3) is 31.8. The lowest BCUT2D eigenvalue weighted by Gasteiger charge is -2.18. The average molecular weight is 625 g/mol. The number of hydrogen-bond acceptors (Lipinski definition) is 6. The Hall–Kier alpha value is -1.59. The van der Waals surface area contributed by atoms with E-state index in [4.69, 9.17) is 14.2 Å². The van der Waals surface area contributed by atoms with E-state index < -0.39 is 6.10 Å². The van der Waals surface area contributed by atoms with Gasteiger partial charge in [0.2, 0.25) is 0 Å². The van der Waals surface area contributed by atoms with Gasteiger partial charge in [0.25, 0.3) is 0 Å². The van der Waals surface area contributed by atoms with Crippen molar-refractivity contribution in [3.8, 4) is 0 Å². The van der Waals surface area contributed by atoms with E-state index in [1.807, 2.05) is 0 Å². The Morgan fingerprint density at radius 2 is 0.614 bits per heavy atom. The van der Waals surface area contributed by atoms with Crippen molar-refractivity contribution in [2.24, 2.45) is 0 Å². The summed E-state index contributed by atoms with van der Waals surface area (Å²) >= 11 is 0. The van der Waals surface area contributed by atoms with E-state index in [2.05, 4.69) is 20.8 Å². The maximum atomic E-state index is 12.5. The maximum absolute atomic E-state index is 12.5. The fraction of sp³-hybridized carbons (Fsp3) is 0.921. The molecular formula is C38H72O6. The first-order valence-electron chi connectivity index (χ1n) is 19.0. The second kappa shape index (κ2) is 34.3. The molecule has 0 bridgehead atoms. The number of carbonyl (C=O) groups excluding carboxylic acids is 3. The standard InChI is InChI=1S/C38H72O6/c1-4-7-10-13-16-18-20-22-25-28-31-37(40)43-34-35(33-42-36(39)30-27-24-21-15-12-9-6-3)44-38(41)32-29-26-23-19-17-14-11-8-5-2/h35H,4-34H2,1-3H3. The van der Waals surface area contributed by atoms with Crippen LogP contribution in [0.1, 0.15) is 207 Å². The molecular weight excluding hydrogens is 552 g/mol. The van der Waals surface area contributed by atoms with E-state index in [0.29, 0.717) is 19.3 Å². The van der Waals surface area contributed by atoms with E-state index in [1.165, 1.54) is 109 Å². The molecule has 0 aliphatic heterocycles. The second-order valence-corrected chi connectivity index (χ2v) is 12.9. The van der Waals surface area contributed by atoms with Crippen molar-refractivity contribution >= 4 is 17.9 Å². The Morgan fingerprint density at radius 3 is 0.909 bits per heavy atom. The van der Waals surface area contributed by atoms with Crippen LogP contribution in [0, 0.1) is 0 Å². The Labute approximate surface area is 272 Å². The molecule has 0 aliphatic carbocycles. The van der Waals surface area contributed by atoms with Gasteiger partial charge in [-0.05, 0) is 19.3 Å². The predicted octanol–water partition coefficient (Wildman–Crippen LogP) is 11.4. The minimum atomic E-state index is -0.754. The number of carbonyl (C=O) groups is 3. The zero-order valence-corrected chi connectivity index (χ0v) is 29.4. The van der Waals surface area contributed by atoms with Crippen LogP contribution in [0.3, 0.4) is 0 Å². The van der Waals surface area contributed by atoms with Gasteiger partial charge in [-0.2, -0.15) is 0 Å². The molecule has 0 aromatic heterocycles. The summed E-state index contributed by atoms with van der Waals surface area (Å²) in [6.07, 6.45) is 30.9. The van der Waals surface area contributed by atoms with Gasteiger partial charge in [-0.15, -0.1) is 0 Å². The molecule has 0 aromatic rings. The van der Waals surface area contributed by atoms with Gasteiger partial charge in [0.05, 0.1) is 0 Å². The summed E-state index contributed by atoms with van der Waals surface area (Å²) < 4.78 is 16.5. The number of unbranched alkanes of at least 4 members (excludes halogenated alkanes) is 23. The molecule has 0 saturated carbocycles. The van der Waals surface area contributed by atoms with Crippen molar-refractivity contribution in [2.75, 3.05) is 13.2 Å². The van der Waals surface area contributed by atoms with E-state index in [9.17, 15) is 14.4 Å². The molecule has 260 valence electrons. The largest absolute Gasteiger partial charge is 0.462 e. The summed E-state index contributed by atoms with van der Waals surface area (Å²) in [5.74, 6) is -0.874. The van der Waals surface area contributed by atoms with Gasteiger partial charge >= 0.3 is 17.9 Å². The Bertz CT molecular complexity index is 649. The van der Waals surface area contributed by atoms with Crippen LogP contribution in [0.4, 0.5) is 0 Å². The molecule has 0 amide bonds. The monoisotopic (exact) mass is 625 g/mol. The first-order valence-corrected chi connectivity index (χ1v) is 19.0. The van der Waals surface area contributed by atoms with Gasteiger partial charge < -0.3 is 14.2 Å². The van der Waals surface area contributed by atoms with Gasteiger partial charge in [0, 0.05) is 19.3 Å². The van der Waals surface area contributed by atoms with Crippen molar-refractivity contribution in [2.45, 2.75) is 213 Å². The normalized spacial score (nSPS) is 11.8. The molecule has 0 spiro atoms. The van der Waals surface area contributed by atoms with Crippen LogP contribution >= 0.6 is 0 Å². The molecule has 1 unspecified atom stereocenters. The van der Waals surface area contributed by atoms with E-state index in [0.717, 1.165) is 57.8 Å². The molecule has 0 heterocycles. The molecule has 0 N–H and O–H groups in total. The third-order valence-electron chi connectivity index (χ3n) is 8.36. The second-order valence-electron chi connectivity index (χ2n) is 12.9. The number of rotatable bonds is 34. The highest BCUT2D eigenvalue weighted by Crippen LogP contribution is 2.14. The number of hydrogen-bond donors (Lipinski definition) is 0. The third-order valence-corrected chi connectivity index (χ3v) is 8.36. The van der Waals surface area contributed by atoms with Crippen molar-refractivity contribution in [3.63, 3.8) is 0 Å². The molecule has 6 nitrogen and oxygen atoms in total. The smallest absolute Gasteiger partial charge is 0.306 e. The Morgan fingerprint density at radius 1 is 0.364 bits per heavy atom. The first kappa shape index (κ1) is 42.4. The molecule has 0 aromatic carbocycles. The van der Waals surface area contributed by atoms with Crippen molar-refractivity contribution in [3.05, 3.63) is 0 Å². The molecule has 1 atom stereocenters. The van der Waals surface area contributed by atoms with Crippen LogP contribution in [-0.2, 0) is 28.6 Å². The topological polar surface area (TPSA) is 78.9 Å². The van der Waals surface area contributed by atoms with Crippen LogP contribution in [-0.4, -0.2) is 37.2 Å². The van der Waals surface area contributed by atoms with E-state index in [1.54, 1.807) is 0 Å². The Kier molecular flexibility index (Phi) is 33.0. The van der Waals surface area contributed by atoms with Crippen LogP contribution in [0.15, 0.2) is 0 Å². The molecule has 0 rings (SSSR count). The SMILES string of the molecule is CCCCCCCCCCCCC(=O)OCC(COC(=O)CCCCCCCCC)OC(=O)CCCCCCCCCCC. The van der Waals surface area contributed by atoms with Gasteiger partial charge in [-0.1, -0.05) is 168 Å². The maximum Gasteiger partial charge on any atom is 0.306 e. The quantitative estimate of drug-likeness (QED) is 0.0402. The Balaban J connectivity index is 4.33. The lowest BCUT2D eigenvalue weighted by molar-refractivity contribution is -0.167. The van der Waals surface area contributed by atoms with Crippen LogP contribution in [0.2, 0.25) is 0 Å². The molecule has 0 aliphatic rings. The van der Waals surface area contributed by atoms with Gasteiger partial charge in [-0.3, -0.25) is 14.4 Å². The molecule has 44 heavy (non-hydrogen) atoms. The summed E-state index contributed by atoms with van der Waals surface area (Å²) in [5.41, 5.74) is 0. The summed E-state index contributed by atoms with van der Waals surface area (Å²) in [6.45, 7) is 6.55. The van der Waals surface area contributed by atoms with Crippen molar-refractivity contribution in [1.82, 2.24) is 0 Å². The zero-order valence-electron chi connectivity index (χ0n) is 29.4. The molecule has 0 saturated heterocycles. The highest BCUT2D eigenvalue weighted by atomic mass is 16.6. The highest BCUT2D eigenvalue weighted by Gasteiger charge is 2.19. The van der Waals surface area contributed by atoms with E-state index in [-0.39, 0.29) is 31.1 Å². The summed E-state index contributed by atoms with van der Waals surface area (Å²) in [4.78, 5) is 37.2. The summed E-state index contributed by atoms with van der Waals surface area (Å²) in [7, 11) is 0. The number of ether oxygens (including phenoxy) is 3. The fourth-order valence-corrected chi connectivity index (χ4v) is 5.44. The predicted molar refractivity (Wildman–Crippen MR) is 183 cm³/mol. The first-order chi connectivity index (χ1) is 21.5. The zero-order chi connectivity index (χ0) is 32.4. The lowest BCUT2D eigenvalue weighted by Crippen LogP contribution is -2.30. The molecule has 0 fully saturated rings. The molecule has 6 heteroatoms. The van der Waals surface area contributed by atoms with Crippen molar-refractivity contribution in [1.29, 1.82) is 0 Å². The average Bonchev–Trinajstić information content (AvgIpc) is 3.02.